The number of methoxy groups -OCH3 is 1. The summed E-state index contributed by atoms with van der Waals surface area (Å²) in [7, 11) is 1.53. The first-order chi connectivity index (χ1) is 15.9. The van der Waals surface area contributed by atoms with Crippen molar-refractivity contribution in [2.75, 3.05) is 26.1 Å². The topological polar surface area (TPSA) is 121 Å². The van der Waals surface area contributed by atoms with E-state index in [1.165, 1.54) is 7.11 Å². The lowest BCUT2D eigenvalue weighted by atomic mass is 10.1. The molecule has 0 spiro atoms. The van der Waals surface area contributed by atoms with E-state index >= 15 is 0 Å². The van der Waals surface area contributed by atoms with Gasteiger partial charge in [0.25, 0.3) is 5.56 Å². The monoisotopic (exact) mass is 450 g/mol. The predicted molar refractivity (Wildman–Crippen MR) is 126 cm³/mol. The van der Waals surface area contributed by atoms with Gasteiger partial charge < -0.3 is 24.9 Å². The van der Waals surface area contributed by atoms with Crippen LogP contribution >= 0.6 is 0 Å². The van der Waals surface area contributed by atoms with E-state index in [4.69, 9.17) is 25.0 Å². The lowest BCUT2D eigenvalue weighted by Crippen LogP contribution is -2.10. The molecule has 0 aliphatic rings. The number of hydrogen-bond donors (Lipinski definition) is 2. The van der Waals surface area contributed by atoms with Crippen LogP contribution in [0.15, 0.2) is 41.2 Å². The van der Waals surface area contributed by atoms with Gasteiger partial charge in [-0.25, -0.2) is 4.68 Å². The summed E-state index contributed by atoms with van der Waals surface area (Å²) in [5.74, 6) is 0.965. The van der Waals surface area contributed by atoms with E-state index in [1.54, 1.807) is 23.7 Å². The Labute approximate surface area is 190 Å². The molecule has 172 valence electrons. The number of esters is 1. The lowest BCUT2D eigenvalue weighted by Gasteiger charge is -2.12. The number of aromatic amines is 1. The summed E-state index contributed by atoms with van der Waals surface area (Å²) >= 11 is 0. The SMILES string of the molecule is CCOC(=O)CCCOc1cc(OC)cc2[nH]c(=O)c3c(N)n(-c4ccccc4C)nc3c12. The van der Waals surface area contributed by atoms with Gasteiger partial charge in [-0.15, -0.1) is 0 Å². The molecule has 33 heavy (non-hydrogen) atoms. The molecule has 3 N–H and O–H groups in total. The Balaban J connectivity index is 1.83. The zero-order valence-electron chi connectivity index (χ0n) is 18.8. The number of ether oxygens (including phenoxy) is 3. The third-order valence-corrected chi connectivity index (χ3v) is 5.38. The number of carbonyl (C=O) groups is 1. The largest absolute Gasteiger partial charge is 0.497 e. The molecule has 4 rings (SSSR count). The van der Waals surface area contributed by atoms with Gasteiger partial charge >= 0.3 is 5.97 Å². The Morgan fingerprint density at radius 1 is 1.21 bits per heavy atom. The van der Waals surface area contributed by atoms with Crippen molar-refractivity contribution in [3.63, 3.8) is 0 Å². The first-order valence-electron chi connectivity index (χ1n) is 10.7. The highest BCUT2D eigenvalue weighted by molar-refractivity contribution is 6.10. The molecule has 0 amide bonds. The second-order valence-electron chi connectivity index (χ2n) is 7.57. The molecule has 9 heteroatoms. The van der Waals surface area contributed by atoms with Crippen LogP contribution in [0.2, 0.25) is 0 Å². The number of nitrogens with two attached hydrogens (primary N) is 1. The number of pyridine rings is 1. The number of carbonyl (C=O) groups excluding carboxylic acids is 1. The van der Waals surface area contributed by atoms with Crippen LogP contribution in [0.5, 0.6) is 11.5 Å². The van der Waals surface area contributed by atoms with Crippen LogP contribution in [0, 0.1) is 6.92 Å². The standard InChI is InChI=1S/C24H26N4O5/c1-4-32-19(29)10-7-11-33-18-13-15(31-3)12-16-20(18)22-21(24(30)26-16)23(25)28(27-22)17-9-6-5-8-14(17)2/h5-6,8-9,12-13H,4,7,10-11,25H2,1-3H3,(H,26,30). The third kappa shape index (κ3) is 4.21. The highest BCUT2D eigenvalue weighted by atomic mass is 16.5. The number of nitrogens with zero attached hydrogens (tertiary/aromatic N) is 2. The van der Waals surface area contributed by atoms with E-state index < -0.39 is 0 Å². The minimum absolute atomic E-state index is 0.242. The molecule has 0 aliphatic heterocycles. The van der Waals surface area contributed by atoms with Gasteiger partial charge in [-0.05, 0) is 31.9 Å². The number of anilines is 1. The molecule has 2 heterocycles. The average molecular weight is 450 g/mol. The summed E-state index contributed by atoms with van der Waals surface area (Å²) in [6.45, 7) is 4.34. The summed E-state index contributed by atoms with van der Waals surface area (Å²) in [6, 6.07) is 11.1. The molecule has 0 aliphatic carbocycles. The second-order valence-corrected chi connectivity index (χ2v) is 7.57. The molecular weight excluding hydrogens is 424 g/mol. The minimum Gasteiger partial charge on any atom is -0.497 e. The van der Waals surface area contributed by atoms with Crippen LogP contribution in [-0.4, -0.2) is 41.1 Å². The maximum absolute atomic E-state index is 12.9. The molecule has 2 aromatic carbocycles. The van der Waals surface area contributed by atoms with Crippen molar-refractivity contribution in [2.45, 2.75) is 26.7 Å². The molecule has 0 radical (unpaired) electrons. The molecule has 0 unspecified atom stereocenters. The Hall–Kier alpha value is -4.01. The second kappa shape index (κ2) is 9.23. The van der Waals surface area contributed by atoms with Crippen LogP contribution in [-0.2, 0) is 9.53 Å². The van der Waals surface area contributed by atoms with Crippen molar-refractivity contribution in [1.29, 1.82) is 0 Å². The van der Waals surface area contributed by atoms with E-state index in [1.807, 2.05) is 31.2 Å². The van der Waals surface area contributed by atoms with Crippen molar-refractivity contribution in [3.8, 4) is 17.2 Å². The number of fused-ring (bicyclic) bond motifs is 3. The summed E-state index contributed by atoms with van der Waals surface area (Å²) in [6.07, 6.45) is 0.723. The normalized spacial score (nSPS) is 11.1. The van der Waals surface area contributed by atoms with Gasteiger partial charge in [0.1, 0.15) is 28.2 Å². The number of para-hydroxylation sites is 1. The van der Waals surface area contributed by atoms with Gasteiger partial charge in [-0.2, -0.15) is 5.10 Å². The van der Waals surface area contributed by atoms with E-state index in [0.29, 0.717) is 40.9 Å². The van der Waals surface area contributed by atoms with Gasteiger partial charge in [0, 0.05) is 18.6 Å². The number of nitrogens with one attached hydrogen (secondary N) is 1. The zero-order chi connectivity index (χ0) is 23.5. The number of hydrogen-bond acceptors (Lipinski definition) is 7. The van der Waals surface area contributed by atoms with Crippen molar-refractivity contribution in [3.05, 3.63) is 52.3 Å². The number of nitrogen functional groups attached to an aromatic ring is 1. The van der Waals surface area contributed by atoms with Gasteiger partial charge in [-0.1, -0.05) is 18.2 Å². The quantitative estimate of drug-likeness (QED) is 0.311. The van der Waals surface area contributed by atoms with Crippen molar-refractivity contribution in [2.24, 2.45) is 0 Å². The van der Waals surface area contributed by atoms with Crippen LogP contribution < -0.4 is 20.8 Å². The molecule has 0 saturated carbocycles. The van der Waals surface area contributed by atoms with E-state index in [-0.39, 0.29) is 35.8 Å². The highest BCUT2D eigenvalue weighted by Crippen LogP contribution is 2.36. The maximum Gasteiger partial charge on any atom is 0.305 e. The minimum atomic E-state index is -0.351. The highest BCUT2D eigenvalue weighted by Gasteiger charge is 2.20. The molecule has 0 fully saturated rings. The van der Waals surface area contributed by atoms with Gasteiger partial charge in [-0.3, -0.25) is 9.59 Å². The number of aromatic nitrogens is 3. The molecule has 9 nitrogen and oxygen atoms in total. The van der Waals surface area contributed by atoms with Crippen molar-refractivity contribution < 1.29 is 19.0 Å². The summed E-state index contributed by atoms with van der Waals surface area (Å²) < 4.78 is 17.9. The zero-order valence-corrected chi connectivity index (χ0v) is 18.8. The Morgan fingerprint density at radius 2 is 2.00 bits per heavy atom. The molecule has 2 aromatic heterocycles. The van der Waals surface area contributed by atoms with E-state index in [9.17, 15) is 9.59 Å². The number of H-pyrrole nitrogens is 1. The van der Waals surface area contributed by atoms with Gasteiger partial charge in [0.05, 0.1) is 36.9 Å². The molecule has 4 aromatic rings. The first-order valence-corrected chi connectivity index (χ1v) is 10.7. The first kappa shape index (κ1) is 22.2. The fourth-order valence-electron chi connectivity index (χ4n) is 3.80. The van der Waals surface area contributed by atoms with Crippen LogP contribution in [0.4, 0.5) is 5.82 Å². The van der Waals surface area contributed by atoms with E-state index in [2.05, 4.69) is 4.98 Å². The smallest absolute Gasteiger partial charge is 0.305 e. The third-order valence-electron chi connectivity index (χ3n) is 5.38. The fourth-order valence-corrected chi connectivity index (χ4v) is 3.80. The predicted octanol–water partition coefficient (Wildman–Crippen LogP) is 3.49. The van der Waals surface area contributed by atoms with Crippen LogP contribution in [0.3, 0.4) is 0 Å². The maximum atomic E-state index is 12.9. The number of rotatable bonds is 8. The summed E-state index contributed by atoms with van der Waals surface area (Å²) in [5.41, 5.74) is 8.73. The van der Waals surface area contributed by atoms with Crippen molar-refractivity contribution in [1.82, 2.24) is 14.8 Å². The fraction of sp³-hybridized carbons (Fsp3) is 0.292. The van der Waals surface area contributed by atoms with Crippen LogP contribution in [0.1, 0.15) is 25.3 Å². The Bertz CT molecular complexity index is 1390. The molecule has 0 bridgehead atoms. The van der Waals surface area contributed by atoms with Crippen LogP contribution in [0.25, 0.3) is 27.5 Å². The van der Waals surface area contributed by atoms with Gasteiger partial charge in [0.15, 0.2) is 0 Å². The molecule has 0 saturated heterocycles. The number of benzene rings is 2. The Kier molecular flexibility index (Phi) is 6.21. The molecule has 0 atom stereocenters. The van der Waals surface area contributed by atoms with E-state index in [0.717, 1.165) is 11.3 Å². The molecular formula is C24H26N4O5. The summed E-state index contributed by atoms with van der Waals surface area (Å²) in [5, 5.41) is 5.60. The van der Waals surface area contributed by atoms with Crippen molar-refractivity contribution >= 4 is 33.6 Å². The lowest BCUT2D eigenvalue weighted by molar-refractivity contribution is -0.143. The number of aryl methyl sites for hydroxylation is 1. The van der Waals surface area contributed by atoms with Gasteiger partial charge in [0.2, 0.25) is 0 Å². The average Bonchev–Trinajstić information content (AvgIpc) is 3.14. The Morgan fingerprint density at radius 3 is 2.73 bits per heavy atom. The summed E-state index contributed by atoms with van der Waals surface area (Å²) in [4.78, 5) is 27.4.